The maximum Gasteiger partial charge on any atom is 0.326 e. The number of benzene rings is 1. The van der Waals surface area contributed by atoms with Gasteiger partial charge in [-0.05, 0) is 30.2 Å². The predicted octanol–water partition coefficient (Wildman–Crippen LogP) is 0.929. The number of hydrogen-bond acceptors (Lipinski definition) is 4. The third-order valence-corrected chi connectivity index (χ3v) is 3.89. The van der Waals surface area contributed by atoms with E-state index in [0.29, 0.717) is 0 Å². The van der Waals surface area contributed by atoms with Crippen molar-refractivity contribution in [3.8, 4) is 0 Å². The summed E-state index contributed by atoms with van der Waals surface area (Å²) in [5.74, 6) is -1.92. The highest BCUT2D eigenvalue weighted by Crippen LogP contribution is 2.11. The van der Waals surface area contributed by atoms with Gasteiger partial charge in [-0.2, -0.15) is 0 Å². The Bertz CT molecular complexity index is 604. The SMILES string of the molecule is CC(C)[C@H](NC(=O)c1ccc(S(C)(=O)=O)cc1)C(=O)O. The first kappa shape index (κ1) is 16.2. The molecule has 1 aromatic rings. The molecule has 0 bridgehead atoms. The van der Waals surface area contributed by atoms with Crippen LogP contribution >= 0.6 is 0 Å². The molecule has 0 heterocycles. The average Bonchev–Trinajstić information content (AvgIpc) is 2.34. The Hall–Kier alpha value is -1.89. The van der Waals surface area contributed by atoms with Crippen molar-refractivity contribution in [1.82, 2.24) is 5.32 Å². The van der Waals surface area contributed by atoms with Gasteiger partial charge in [0.25, 0.3) is 5.91 Å². The second-order valence-corrected chi connectivity index (χ2v) is 6.85. The van der Waals surface area contributed by atoms with E-state index in [1.807, 2.05) is 0 Å². The summed E-state index contributed by atoms with van der Waals surface area (Å²) in [7, 11) is -3.32. The highest BCUT2D eigenvalue weighted by Gasteiger charge is 2.24. The Kier molecular flexibility index (Phi) is 4.88. The fraction of sp³-hybridized carbons (Fsp3) is 0.385. The Morgan fingerprint density at radius 2 is 1.65 bits per heavy atom. The van der Waals surface area contributed by atoms with Gasteiger partial charge < -0.3 is 10.4 Å². The van der Waals surface area contributed by atoms with Gasteiger partial charge in [-0.25, -0.2) is 13.2 Å². The number of carboxylic acid groups (broad SMARTS) is 1. The molecule has 1 rings (SSSR count). The summed E-state index contributed by atoms with van der Waals surface area (Å²) in [6.45, 7) is 3.37. The first-order chi connectivity index (χ1) is 9.12. The number of rotatable bonds is 5. The van der Waals surface area contributed by atoms with Gasteiger partial charge in [-0.1, -0.05) is 13.8 Å². The van der Waals surface area contributed by atoms with Crippen molar-refractivity contribution in [3.05, 3.63) is 29.8 Å². The summed E-state index contributed by atoms with van der Waals surface area (Å²) in [5.41, 5.74) is 0.212. The number of hydrogen-bond donors (Lipinski definition) is 2. The molecular weight excluding hydrogens is 282 g/mol. The van der Waals surface area contributed by atoms with E-state index >= 15 is 0 Å². The van der Waals surface area contributed by atoms with E-state index in [9.17, 15) is 18.0 Å². The fourth-order valence-electron chi connectivity index (χ4n) is 1.59. The first-order valence-corrected chi connectivity index (χ1v) is 7.86. The summed E-state index contributed by atoms with van der Waals surface area (Å²) in [5, 5.41) is 11.4. The zero-order valence-corrected chi connectivity index (χ0v) is 12.3. The summed E-state index contributed by atoms with van der Waals surface area (Å²) < 4.78 is 22.6. The molecule has 20 heavy (non-hydrogen) atoms. The van der Waals surface area contributed by atoms with E-state index in [0.717, 1.165) is 6.26 Å². The van der Waals surface area contributed by atoms with Gasteiger partial charge in [0.15, 0.2) is 9.84 Å². The van der Waals surface area contributed by atoms with E-state index in [2.05, 4.69) is 5.32 Å². The molecule has 0 aliphatic carbocycles. The molecule has 0 saturated carbocycles. The molecule has 0 saturated heterocycles. The highest BCUT2D eigenvalue weighted by atomic mass is 32.2. The molecule has 0 fully saturated rings. The molecule has 1 aromatic carbocycles. The van der Waals surface area contributed by atoms with Gasteiger partial charge in [0.1, 0.15) is 6.04 Å². The molecule has 0 radical (unpaired) electrons. The van der Waals surface area contributed by atoms with E-state index in [-0.39, 0.29) is 16.4 Å². The third kappa shape index (κ3) is 4.06. The topological polar surface area (TPSA) is 101 Å². The summed E-state index contributed by atoms with van der Waals surface area (Å²) in [4.78, 5) is 23.0. The minimum atomic E-state index is -3.32. The Morgan fingerprint density at radius 3 is 2.00 bits per heavy atom. The molecule has 0 spiro atoms. The standard InChI is InChI=1S/C13H17NO5S/c1-8(2)11(13(16)17)14-12(15)9-4-6-10(7-5-9)20(3,18)19/h4-8,11H,1-3H3,(H,14,15)(H,16,17)/t11-/m0/s1. The van der Waals surface area contributed by atoms with Gasteiger partial charge in [0.05, 0.1) is 4.90 Å². The smallest absolute Gasteiger partial charge is 0.326 e. The summed E-state index contributed by atoms with van der Waals surface area (Å²) in [6.07, 6.45) is 1.07. The number of nitrogens with one attached hydrogen (secondary N) is 1. The lowest BCUT2D eigenvalue weighted by atomic mass is 10.0. The van der Waals surface area contributed by atoms with Gasteiger partial charge in [0, 0.05) is 11.8 Å². The van der Waals surface area contributed by atoms with Crippen molar-refractivity contribution in [2.24, 2.45) is 5.92 Å². The number of carbonyl (C=O) groups is 2. The van der Waals surface area contributed by atoms with E-state index in [4.69, 9.17) is 5.11 Å². The first-order valence-electron chi connectivity index (χ1n) is 5.96. The lowest BCUT2D eigenvalue weighted by Gasteiger charge is -2.17. The molecule has 2 N–H and O–H groups in total. The van der Waals surface area contributed by atoms with Crippen molar-refractivity contribution >= 4 is 21.7 Å². The number of aliphatic carboxylic acids is 1. The van der Waals surface area contributed by atoms with Crippen LogP contribution in [0.15, 0.2) is 29.2 Å². The lowest BCUT2D eigenvalue weighted by Crippen LogP contribution is -2.44. The van der Waals surface area contributed by atoms with E-state index in [1.54, 1.807) is 13.8 Å². The summed E-state index contributed by atoms with van der Waals surface area (Å²) >= 11 is 0. The normalized spacial score (nSPS) is 13.0. The van der Waals surface area contributed by atoms with Crippen LogP contribution in [0.5, 0.6) is 0 Å². The minimum absolute atomic E-state index is 0.104. The van der Waals surface area contributed by atoms with Crippen molar-refractivity contribution in [2.45, 2.75) is 24.8 Å². The zero-order valence-electron chi connectivity index (χ0n) is 11.5. The van der Waals surface area contributed by atoms with Crippen LogP contribution in [0, 0.1) is 5.92 Å². The van der Waals surface area contributed by atoms with Gasteiger partial charge >= 0.3 is 5.97 Å². The molecule has 7 heteroatoms. The van der Waals surface area contributed by atoms with Crippen molar-refractivity contribution < 1.29 is 23.1 Å². The monoisotopic (exact) mass is 299 g/mol. The molecule has 110 valence electrons. The number of sulfone groups is 1. The van der Waals surface area contributed by atoms with Crippen LogP contribution in [0.2, 0.25) is 0 Å². The van der Waals surface area contributed by atoms with Crippen LogP contribution < -0.4 is 5.32 Å². The number of carboxylic acids is 1. The second kappa shape index (κ2) is 6.04. The molecule has 0 unspecified atom stereocenters. The van der Waals surface area contributed by atoms with E-state index in [1.165, 1.54) is 24.3 Å². The van der Waals surface area contributed by atoms with Crippen LogP contribution in [-0.2, 0) is 14.6 Å². The maximum atomic E-state index is 11.9. The Labute approximate surface area is 117 Å². The van der Waals surface area contributed by atoms with Crippen LogP contribution in [-0.4, -0.2) is 37.7 Å². The van der Waals surface area contributed by atoms with Crippen LogP contribution in [0.1, 0.15) is 24.2 Å². The van der Waals surface area contributed by atoms with Crippen LogP contribution in [0.25, 0.3) is 0 Å². The van der Waals surface area contributed by atoms with Crippen molar-refractivity contribution in [3.63, 3.8) is 0 Å². The number of amides is 1. The van der Waals surface area contributed by atoms with Gasteiger partial charge in [-0.3, -0.25) is 4.79 Å². The van der Waals surface area contributed by atoms with Gasteiger partial charge in [-0.15, -0.1) is 0 Å². The Balaban J connectivity index is 2.91. The molecule has 0 aliphatic heterocycles. The predicted molar refractivity (Wildman–Crippen MR) is 73.3 cm³/mol. The molecule has 1 atom stereocenters. The molecule has 0 aliphatic rings. The molecule has 1 amide bonds. The van der Waals surface area contributed by atoms with Crippen molar-refractivity contribution in [1.29, 1.82) is 0 Å². The maximum absolute atomic E-state index is 11.9. The lowest BCUT2D eigenvalue weighted by molar-refractivity contribution is -0.140. The zero-order chi connectivity index (χ0) is 15.5. The molecule has 0 aromatic heterocycles. The minimum Gasteiger partial charge on any atom is -0.480 e. The second-order valence-electron chi connectivity index (χ2n) is 4.83. The number of carbonyl (C=O) groups excluding carboxylic acids is 1. The third-order valence-electron chi connectivity index (χ3n) is 2.76. The van der Waals surface area contributed by atoms with Crippen LogP contribution in [0.4, 0.5) is 0 Å². The van der Waals surface area contributed by atoms with Crippen LogP contribution in [0.3, 0.4) is 0 Å². The largest absolute Gasteiger partial charge is 0.480 e. The molecule has 6 nitrogen and oxygen atoms in total. The fourth-order valence-corrected chi connectivity index (χ4v) is 2.22. The van der Waals surface area contributed by atoms with Gasteiger partial charge in [0.2, 0.25) is 0 Å². The summed E-state index contributed by atoms with van der Waals surface area (Å²) in [6, 6.07) is 4.35. The Morgan fingerprint density at radius 1 is 1.15 bits per heavy atom. The van der Waals surface area contributed by atoms with E-state index < -0.39 is 27.8 Å². The molecular formula is C13H17NO5S. The quantitative estimate of drug-likeness (QED) is 0.842. The van der Waals surface area contributed by atoms with Crippen molar-refractivity contribution in [2.75, 3.05) is 6.26 Å². The highest BCUT2D eigenvalue weighted by molar-refractivity contribution is 7.90. The average molecular weight is 299 g/mol.